The summed E-state index contributed by atoms with van der Waals surface area (Å²) in [6.07, 6.45) is 2.24. The Morgan fingerprint density at radius 3 is 2.68 bits per heavy atom. The van der Waals surface area contributed by atoms with E-state index in [0.717, 1.165) is 24.4 Å². The van der Waals surface area contributed by atoms with Crippen LogP contribution in [0, 0.1) is 6.92 Å². The summed E-state index contributed by atoms with van der Waals surface area (Å²) in [5.41, 5.74) is 1.81. The Balaban J connectivity index is 0.00000280. The van der Waals surface area contributed by atoms with Gasteiger partial charge in [0.2, 0.25) is 0 Å². The maximum absolute atomic E-state index is 11.7. The molecule has 1 aliphatic carbocycles. The predicted octanol–water partition coefficient (Wildman–Crippen LogP) is 4.04. The number of aliphatic imine (C=N–C) groups is 1. The van der Waals surface area contributed by atoms with Gasteiger partial charge in [-0.1, -0.05) is 23.7 Å². The summed E-state index contributed by atoms with van der Waals surface area (Å²) in [5.74, 6) is 1.46. The van der Waals surface area contributed by atoms with Crippen molar-refractivity contribution in [2.45, 2.75) is 31.7 Å². The molecule has 1 aromatic heterocycles. The molecule has 1 aromatic carbocycles. The van der Waals surface area contributed by atoms with Crippen LogP contribution in [0.25, 0.3) is 0 Å². The van der Waals surface area contributed by atoms with E-state index >= 15 is 0 Å². The van der Waals surface area contributed by atoms with Crippen LogP contribution in [-0.4, -0.2) is 32.6 Å². The van der Waals surface area contributed by atoms with E-state index < -0.39 is 5.97 Å². The summed E-state index contributed by atoms with van der Waals surface area (Å²) in [4.78, 5) is 15.9. The lowest BCUT2D eigenvalue weighted by atomic mass is 9.96. The number of hydrogen-bond acceptors (Lipinski definition) is 4. The number of hydrogen-bond donors (Lipinski definition) is 2. The van der Waals surface area contributed by atoms with Gasteiger partial charge in [0.05, 0.1) is 13.7 Å². The molecule has 0 aliphatic heterocycles. The second kappa shape index (κ2) is 9.65. The van der Waals surface area contributed by atoms with E-state index in [0.29, 0.717) is 29.6 Å². The van der Waals surface area contributed by atoms with Crippen LogP contribution < -0.4 is 10.6 Å². The maximum atomic E-state index is 11.7. The molecule has 2 N–H and O–H groups in total. The lowest BCUT2D eigenvalue weighted by Gasteiger charge is -2.19. The summed E-state index contributed by atoms with van der Waals surface area (Å²) < 4.78 is 10.4. The third kappa shape index (κ3) is 5.20. The van der Waals surface area contributed by atoms with Crippen molar-refractivity contribution in [3.63, 3.8) is 0 Å². The monoisotopic (exact) mass is 517 g/mol. The van der Waals surface area contributed by atoms with E-state index in [-0.39, 0.29) is 29.4 Å². The first-order chi connectivity index (χ1) is 13.0. The van der Waals surface area contributed by atoms with E-state index in [1.54, 1.807) is 20.0 Å². The molecule has 28 heavy (non-hydrogen) atoms. The van der Waals surface area contributed by atoms with Crippen LogP contribution in [0.5, 0.6) is 0 Å². The fourth-order valence-electron chi connectivity index (χ4n) is 3.12. The Labute approximate surface area is 187 Å². The van der Waals surface area contributed by atoms with Gasteiger partial charge in [0, 0.05) is 24.0 Å². The number of furan rings is 1. The van der Waals surface area contributed by atoms with Crippen molar-refractivity contribution < 1.29 is 13.9 Å². The Bertz CT molecular complexity index is 862. The van der Waals surface area contributed by atoms with Gasteiger partial charge in [-0.25, -0.2) is 4.79 Å². The second-order valence-corrected chi connectivity index (χ2v) is 7.18. The van der Waals surface area contributed by atoms with Crippen LogP contribution in [0.2, 0.25) is 5.02 Å². The SMILES string of the molecule is CN=C(NCc1cc(C(=O)OC)c(C)o1)NCC1(c2cccc(Cl)c2)CC1.I. The highest BCUT2D eigenvalue weighted by atomic mass is 127. The highest BCUT2D eigenvalue weighted by Gasteiger charge is 2.44. The number of benzene rings is 1. The Hall–Kier alpha value is -1.74. The van der Waals surface area contributed by atoms with Crippen LogP contribution in [0.1, 0.15) is 40.3 Å². The highest BCUT2D eigenvalue weighted by Crippen LogP contribution is 2.48. The van der Waals surface area contributed by atoms with Gasteiger partial charge < -0.3 is 19.8 Å². The zero-order valence-electron chi connectivity index (χ0n) is 16.2. The van der Waals surface area contributed by atoms with Crippen molar-refractivity contribution in [3.8, 4) is 0 Å². The van der Waals surface area contributed by atoms with Gasteiger partial charge in [0.25, 0.3) is 0 Å². The number of halogens is 2. The average Bonchev–Trinajstić information content (AvgIpc) is 3.37. The lowest BCUT2D eigenvalue weighted by Crippen LogP contribution is -2.40. The zero-order chi connectivity index (χ0) is 19.4. The number of ether oxygens (including phenoxy) is 1. The first-order valence-corrected chi connectivity index (χ1v) is 9.23. The first kappa shape index (κ1) is 22.5. The van der Waals surface area contributed by atoms with Crippen LogP contribution in [0.15, 0.2) is 39.7 Å². The van der Waals surface area contributed by atoms with Crippen molar-refractivity contribution in [1.82, 2.24) is 10.6 Å². The molecule has 8 heteroatoms. The van der Waals surface area contributed by atoms with Crippen LogP contribution in [-0.2, 0) is 16.7 Å². The van der Waals surface area contributed by atoms with Gasteiger partial charge >= 0.3 is 5.97 Å². The molecular weight excluding hydrogens is 493 g/mol. The summed E-state index contributed by atoms with van der Waals surface area (Å²) in [7, 11) is 3.08. The molecule has 1 saturated carbocycles. The average molecular weight is 518 g/mol. The Morgan fingerprint density at radius 2 is 2.07 bits per heavy atom. The van der Waals surface area contributed by atoms with Gasteiger partial charge in [-0.05, 0) is 43.5 Å². The normalized spacial score (nSPS) is 14.8. The zero-order valence-corrected chi connectivity index (χ0v) is 19.3. The molecule has 0 amide bonds. The summed E-state index contributed by atoms with van der Waals surface area (Å²) in [6, 6.07) is 9.73. The van der Waals surface area contributed by atoms with E-state index in [9.17, 15) is 4.79 Å². The predicted molar refractivity (Wildman–Crippen MR) is 121 cm³/mol. The molecule has 2 aromatic rings. The van der Waals surface area contributed by atoms with Gasteiger partial charge in [-0.15, -0.1) is 24.0 Å². The molecule has 0 radical (unpaired) electrons. The number of esters is 1. The fraction of sp³-hybridized carbons (Fsp3) is 0.400. The van der Waals surface area contributed by atoms with Crippen LogP contribution >= 0.6 is 35.6 Å². The minimum absolute atomic E-state index is 0. The number of nitrogens with zero attached hydrogens (tertiary/aromatic N) is 1. The molecule has 0 saturated heterocycles. The molecule has 0 unspecified atom stereocenters. The third-order valence-electron chi connectivity index (χ3n) is 4.91. The highest BCUT2D eigenvalue weighted by molar-refractivity contribution is 14.0. The number of carbonyl (C=O) groups excluding carboxylic acids is 1. The number of aryl methyl sites for hydroxylation is 1. The number of nitrogens with one attached hydrogen (secondary N) is 2. The van der Waals surface area contributed by atoms with Crippen molar-refractivity contribution in [2.24, 2.45) is 4.99 Å². The summed E-state index contributed by atoms with van der Waals surface area (Å²) in [5, 5.41) is 7.35. The molecule has 152 valence electrons. The van der Waals surface area contributed by atoms with E-state index in [4.69, 9.17) is 20.8 Å². The smallest absolute Gasteiger partial charge is 0.341 e. The minimum Gasteiger partial charge on any atom is -0.465 e. The van der Waals surface area contributed by atoms with E-state index in [1.165, 1.54) is 12.7 Å². The van der Waals surface area contributed by atoms with Gasteiger partial charge in [0.1, 0.15) is 17.1 Å². The minimum atomic E-state index is -0.401. The number of guanidine groups is 1. The number of methoxy groups -OCH3 is 1. The van der Waals surface area contributed by atoms with Crippen LogP contribution in [0.4, 0.5) is 0 Å². The second-order valence-electron chi connectivity index (χ2n) is 6.74. The molecule has 1 heterocycles. The first-order valence-electron chi connectivity index (χ1n) is 8.85. The Kier molecular flexibility index (Phi) is 7.77. The summed E-state index contributed by atoms with van der Waals surface area (Å²) in [6.45, 7) is 2.93. The van der Waals surface area contributed by atoms with Gasteiger partial charge in [-0.2, -0.15) is 0 Å². The summed E-state index contributed by atoms with van der Waals surface area (Å²) >= 11 is 6.13. The standard InChI is InChI=1S/C20H24ClN3O3.HI/c1-13-17(18(25)26-3)10-16(27-13)11-23-19(22-2)24-12-20(7-8-20)14-5-4-6-15(21)9-14;/h4-6,9-10H,7-8,11-12H2,1-3H3,(H2,22,23,24);1H. The van der Waals surface area contributed by atoms with Crippen molar-refractivity contribution in [3.05, 3.63) is 58.0 Å². The maximum Gasteiger partial charge on any atom is 0.341 e. The Morgan fingerprint density at radius 1 is 1.32 bits per heavy atom. The molecular formula is C20H25ClIN3O3. The molecule has 1 aliphatic rings. The molecule has 0 bridgehead atoms. The number of rotatable bonds is 6. The molecule has 1 fully saturated rings. The molecule has 0 atom stereocenters. The lowest BCUT2D eigenvalue weighted by molar-refractivity contribution is 0.0599. The topological polar surface area (TPSA) is 75.9 Å². The van der Waals surface area contributed by atoms with Crippen molar-refractivity contribution in [2.75, 3.05) is 20.7 Å². The van der Waals surface area contributed by atoms with Gasteiger partial charge in [-0.3, -0.25) is 4.99 Å². The van der Waals surface area contributed by atoms with Crippen molar-refractivity contribution in [1.29, 1.82) is 0 Å². The molecule has 0 spiro atoms. The fourth-order valence-corrected chi connectivity index (χ4v) is 3.31. The quantitative estimate of drug-likeness (QED) is 0.262. The number of carbonyl (C=O) groups is 1. The third-order valence-corrected chi connectivity index (χ3v) is 5.15. The van der Waals surface area contributed by atoms with E-state index in [1.807, 2.05) is 18.2 Å². The molecule has 6 nitrogen and oxygen atoms in total. The van der Waals surface area contributed by atoms with Crippen molar-refractivity contribution >= 4 is 47.5 Å². The van der Waals surface area contributed by atoms with Crippen LogP contribution in [0.3, 0.4) is 0 Å². The van der Waals surface area contributed by atoms with E-state index in [2.05, 4.69) is 21.7 Å². The molecule has 3 rings (SSSR count). The van der Waals surface area contributed by atoms with Gasteiger partial charge in [0.15, 0.2) is 5.96 Å². The largest absolute Gasteiger partial charge is 0.465 e.